The van der Waals surface area contributed by atoms with Gasteiger partial charge in [-0.1, -0.05) is 19.1 Å². The van der Waals surface area contributed by atoms with Gasteiger partial charge in [0, 0.05) is 18.8 Å². The molecule has 1 N–H and O–H groups in total. The fourth-order valence-corrected chi connectivity index (χ4v) is 2.55. The Morgan fingerprint density at radius 2 is 2.15 bits per heavy atom. The minimum absolute atomic E-state index is 0.0251. The van der Waals surface area contributed by atoms with Gasteiger partial charge in [0.25, 0.3) is 0 Å². The van der Waals surface area contributed by atoms with Gasteiger partial charge in [0.05, 0.1) is 25.2 Å². The van der Waals surface area contributed by atoms with E-state index in [1.807, 2.05) is 13.8 Å². The number of rotatable bonds is 7. The van der Waals surface area contributed by atoms with Gasteiger partial charge in [0.2, 0.25) is 11.8 Å². The van der Waals surface area contributed by atoms with Crippen molar-refractivity contribution in [1.82, 2.24) is 25.2 Å². The highest BCUT2D eigenvalue weighted by atomic mass is 16.2. The SMILES string of the molecule is CCC(CC)N1C(=O)CC(NCCn2ccnn2)C1=O. The Labute approximate surface area is 118 Å². The van der Waals surface area contributed by atoms with Crippen LogP contribution >= 0.6 is 0 Å². The van der Waals surface area contributed by atoms with Gasteiger partial charge >= 0.3 is 0 Å². The number of imide groups is 1. The smallest absolute Gasteiger partial charge is 0.247 e. The van der Waals surface area contributed by atoms with E-state index in [-0.39, 0.29) is 24.3 Å². The van der Waals surface area contributed by atoms with Crippen LogP contribution in [0.1, 0.15) is 33.1 Å². The summed E-state index contributed by atoms with van der Waals surface area (Å²) in [4.78, 5) is 25.7. The van der Waals surface area contributed by atoms with Crippen molar-refractivity contribution in [2.45, 2.75) is 51.7 Å². The van der Waals surface area contributed by atoms with Gasteiger partial charge in [-0.05, 0) is 12.8 Å². The highest BCUT2D eigenvalue weighted by Crippen LogP contribution is 2.19. The zero-order valence-electron chi connectivity index (χ0n) is 12.0. The molecule has 1 saturated heterocycles. The second-order valence-electron chi connectivity index (χ2n) is 4.95. The second kappa shape index (κ2) is 6.60. The molecular formula is C13H21N5O2. The Hall–Kier alpha value is -1.76. The Morgan fingerprint density at radius 3 is 2.75 bits per heavy atom. The zero-order chi connectivity index (χ0) is 14.5. The van der Waals surface area contributed by atoms with Gasteiger partial charge in [-0.3, -0.25) is 19.2 Å². The Balaban J connectivity index is 1.87. The fourth-order valence-electron chi connectivity index (χ4n) is 2.55. The largest absolute Gasteiger partial charge is 0.304 e. The summed E-state index contributed by atoms with van der Waals surface area (Å²) < 4.78 is 1.69. The number of amides is 2. The number of aromatic nitrogens is 3. The van der Waals surface area contributed by atoms with Crippen LogP contribution in [0.5, 0.6) is 0 Å². The van der Waals surface area contributed by atoms with Crippen molar-refractivity contribution in [1.29, 1.82) is 0 Å². The topological polar surface area (TPSA) is 80.1 Å². The minimum atomic E-state index is -0.397. The first-order valence-corrected chi connectivity index (χ1v) is 7.10. The van der Waals surface area contributed by atoms with Crippen LogP contribution < -0.4 is 5.32 Å². The van der Waals surface area contributed by atoms with Gasteiger partial charge in [-0.15, -0.1) is 5.10 Å². The number of nitrogens with one attached hydrogen (secondary N) is 1. The average Bonchev–Trinajstić information content (AvgIpc) is 3.04. The highest BCUT2D eigenvalue weighted by Gasteiger charge is 2.40. The molecule has 110 valence electrons. The van der Waals surface area contributed by atoms with Gasteiger partial charge in [-0.2, -0.15) is 0 Å². The number of likely N-dealkylation sites (tertiary alicyclic amines) is 1. The van der Waals surface area contributed by atoms with Gasteiger partial charge < -0.3 is 5.32 Å². The van der Waals surface area contributed by atoms with Crippen LogP contribution in [0.4, 0.5) is 0 Å². The molecule has 1 aliphatic rings. The monoisotopic (exact) mass is 279 g/mol. The summed E-state index contributed by atoms with van der Waals surface area (Å²) >= 11 is 0. The van der Waals surface area contributed by atoms with E-state index in [1.165, 1.54) is 4.90 Å². The molecule has 0 bridgehead atoms. The van der Waals surface area contributed by atoms with Crippen LogP contribution in [-0.4, -0.2) is 50.3 Å². The maximum absolute atomic E-state index is 12.3. The van der Waals surface area contributed by atoms with E-state index in [0.717, 1.165) is 12.8 Å². The zero-order valence-corrected chi connectivity index (χ0v) is 12.0. The molecule has 2 rings (SSSR count). The van der Waals surface area contributed by atoms with Crippen molar-refractivity contribution in [3.63, 3.8) is 0 Å². The van der Waals surface area contributed by atoms with Crippen molar-refractivity contribution in [3.05, 3.63) is 12.4 Å². The lowest BCUT2D eigenvalue weighted by Gasteiger charge is -2.24. The first kappa shape index (κ1) is 14.6. The summed E-state index contributed by atoms with van der Waals surface area (Å²) in [5.41, 5.74) is 0. The average molecular weight is 279 g/mol. The van der Waals surface area contributed by atoms with Crippen molar-refractivity contribution >= 4 is 11.8 Å². The van der Waals surface area contributed by atoms with Crippen LogP contribution in [0.2, 0.25) is 0 Å². The first-order valence-electron chi connectivity index (χ1n) is 7.10. The van der Waals surface area contributed by atoms with Crippen LogP contribution in [-0.2, 0) is 16.1 Å². The predicted octanol–water partition coefficient (Wildman–Crippen LogP) is 0.184. The van der Waals surface area contributed by atoms with Crippen LogP contribution in [0.25, 0.3) is 0 Å². The van der Waals surface area contributed by atoms with Gasteiger partial charge in [0.15, 0.2) is 0 Å². The van der Waals surface area contributed by atoms with E-state index in [2.05, 4.69) is 15.6 Å². The molecule has 1 fully saturated rings. The number of carbonyl (C=O) groups is 2. The van der Waals surface area contributed by atoms with Gasteiger partial charge in [0.1, 0.15) is 0 Å². The van der Waals surface area contributed by atoms with Gasteiger partial charge in [-0.25, -0.2) is 0 Å². The second-order valence-corrected chi connectivity index (χ2v) is 4.95. The molecule has 1 aromatic heterocycles. The predicted molar refractivity (Wildman–Crippen MR) is 72.7 cm³/mol. The van der Waals surface area contributed by atoms with E-state index in [1.54, 1.807) is 17.1 Å². The normalized spacial score (nSPS) is 19.4. The minimum Gasteiger partial charge on any atom is -0.304 e. The summed E-state index contributed by atoms with van der Waals surface area (Å²) in [7, 11) is 0. The molecule has 2 heterocycles. The molecule has 2 amide bonds. The van der Waals surface area contributed by atoms with E-state index in [0.29, 0.717) is 13.1 Å². The molecule has 1 aromatic rings. The quantitative estimate of drug-likeness (QED) is 0.720. The fraction of sp³-hybridized carbons (Fsp3) is 0.692. The van der Waals surface area contributed by atoms with Crippen molar-refractivity contribution in [2.24, 2.45) is 0 Å². The summed E-state index contributed by atoms with van der Waals surface area (Å²) in [5, 5.41) is 10.7. The standard InChI is InChI=1S/C13H21N5O2/c1-3-10(4-2)18-12(19)9-11(13(18)20)14-5-7-17-8-6-15-16-17/h6,8,10-11,14H,3-5,7,9H2,1-2H3. The molecule has 20 heavy (non-hydrogen) atoms. The molecule has 0 aromatic carbocycles. The number of hydrogen-bond acceptors (Lipinski definition) is 5. The summed E-state index contributed by atoms with van der Waals surface area (Å²) in [6.07, 6.45) is 5.24. The third-order valence-corrected chi connectivity index (χ3v) is 3.69. The molecular weight excluding hydrogens is 258 g/mol. The number of nitrogens with zero attached hydrogens (tertiary/aromatic N) is 4. The maximum Gasteiger partial charge on any atom is 0.247 e. The lowest BCUT2D eigenvalue weighted by molar-refractivity contribution is -0.141. The first-order chi connectivity index (χ1) is 9.67. The highest BCUT2D eigenvalue weighted by molar-refractivity contribution is 6.05. The van der Waals surface area contributed by atoms with Crippen LogP contribution in [0, 0.1) is 0 Å². The summed E-state index contributed by atoms with van der Waals surface area (Å²) in [5.74, 6) is -0.163. The molecule has 0 radical (unpaired) electrons. The van der Waals surface area contributed by atoms with Crippen molar-refractivity contribution < 1.29 is 9.59 Å². The molecule has 1 unspecified atom stereocenters. The third kappa shape index (κ3) is 3.04. The maximum atomic E-state index is 12.3. The van der Waals surface area contributed by atoms with Crippen molar-refractivity contribution in [2.75, 3.05) is 6.54 Å². The van der Waals surface area contributed by atoms with E-state index < -0.39 is 6.04 Å². The molecule has 7 nitrogen and oxygen atoms in total. The Bertz CT molecular complexity index is 455. The Morgan fingerprint density at radius 1 is 1.40 bits per heavy atom. The Kier molecular flexibility index (Phi) is 4.84. The van der Waals surface area contributed by atoms with E-state index in [4.69, 9.17) is 0 Å². The number of hydrogen-bond donors (Lipinski definition) is 1. The van der Waals surface area contributed by atoms with Crippen molar-refractivity contribution in [3.8, 4) is 0 Å². The van der Waals surface area contributed by atoms with Crippen LogP contribution in [0.15, 0.2) is 12.4 Å². The van der Waals surface area contributed by atoms with E-state index >= 15 is 0 Å². The summed E-state index contributed by atoms with van der Waals surface area (Å²) in [6.45, 7) is 5.22. The third-order valence-electron chi connectivity index (χ3n) is 3.69. The molecule has 0 spiro atoms. The lowest BCUT2D eigenvalue weighted by Crippen LogP contribution is -2.44. The van der Waals surface area contributed by atoms with Crippen LogP contribution in [0.3, 0.4) is 0 Å². The molecule has 0 saturated carbocycles. The summed E-state index contributed by atoms with van der Waals surface area (Å²) in [6, 6.07) is -0.372. The molecule has 7 heteroatoms. The number of carbonyl (C=O) groups excluding carboxylic acids is 2. The molecule has 1 atom stereocenters. The molecule has 1 aliphatic heterocycles. The van der Waals surface area contributed by atoms with E-state index in [9.17, 15) is 9.59 Å². The molecule has 0 aliphatic carbocycles. The lowest BCUT2D eigenvalue weighted by atomic mass is 10.1.